The molecule has 1 N–H and O–H groups in total. The van der Waals surface area contributed by atoms with Crippen LogP contribution in [0.15, 0.2) is 78.9 Å². The van der Waals surface area contributed by atoms with E-state index in [-0.39, 0.29) is 17.7 Å². The van der Waals surface area contributed by atoms with Gasteiger partial charge in [-0.2, -0.15) is 0 Å². The van der Waals surface area contributed by atoms with Crippen LogP contribution in [-0.2, 0) is 4.79 Å². The Morgan fingerprint density at radius 1 is 0.861 bits per heavy atom. The summed E-state index contributed by atoms with van der Waals surface area (Å²) in [5.74, 6) is 1.41. The number of nitrogens with zero attached hydrogens (tertiary/aromatic N) is 2. The second kappa shape index (κ2) is 12.3. The lowest BCUT2D eigenvalue weighted by Gasteiger charge is -2.37. The van der Waals surface area contributed by atoms with Crippen molar-refractivity contribution in [3.63, 3.8) is 0 Å². The molecule has 4 rings (SSSR count). The molecule has 0 spiro atoms. The van der Waals surface area contributed by atoms with E-state index < -0.39 is 0 Å². The van der Waals surface area contributed by atoms with Gasteiger partial charge in [0, 0.05) is 43.9 Å². The average molecular weight is 488 g/mol. The summed E-state index contributed by atoms with van der Waals surface area (Å²) < 4.78 is 11.0. The quantitative estimate of drug-likeness (QED) is 0.437. The Bertz CT molecular complexity index is 1140. The summed E-state index contributed by atoms with van der Waals surface area (Å²) >= 11 is 0. The van der Waals surface area contributed by atoms with E-state index in [0.717, 1.165) is 44.2 Å². The molecule has 0 bridgehead atoms. The van der Waals surface area contributed by atoms with Crippen molar-refractivity contribution in [1.82, 2.24) is 9.80 Å². The highest BCUT2D eigenvalue weighted by atomic mass is 16.5. The number of methoxy groups -OCH3 is 1. The lowest BCUT2D eigenvalue weighted by molar-refractivity contribution is -0.121. The summed E-state index contributed by atoms with van der Waals surface area (Å²) in [5.41, 5.74) is 1.63. The molecule has 36 heavy (non-hydrogen) atoms. The van der Waals surface area contributed by atoms with Crippen LogP contribution in [-0.4, -0.2) is 74.0 Å². The molecule has 1 fully saturated rings. The SMILES string of the molecule is COc1ccc(OCCN2CCN([C@@H](C)C(=O)Nc3ccccc3C(=O)c3ccccc3)CC2)cc1. The van der Waals surface area contributed by atoms with E-state index in [9.17, 15) is 9.59 Å². The monoisotopic (exact) mass is 487 g/mol. The summed E-state index contributed by atoms with van der Waals surface area (Å²) in [6.45, 7) is 6.67. The number of rotatable bonds is 10. The molecular weight excluding hydrogens is 454 g/mol. The van der Waals surface area contributed by atoms with E-state index in [1.165, 1.54) is 0 Å². The zero-order valence-corrected chi connectivity index (χ0v) is 20.9. The van der Waals surface area contributed by atoms with Crippen molar-refractivity contribution < 1.29 is 19.1 Å². The number of para-hydroxylation sites is 1. The van der Waals surface area contributed by atoms with Crippen LogP contribution in [0.25, 0.3) is 0 Å². The number of amides is 1. The molecule has 3 aromatic carbocycles. The first-order valence-electron chi connectivity index (χ1n) is 12.3. The minimum absolute atomic E-state index is 0.107. The van der Waals surface area contributed by atoms with Gasteiger partial charge < -0.3 is 14.8 Å². The van der Waals surface area contributed by atoms with Crippen molar-refractivity contribution in [2.75, 3.05) is 51.8 Å². The van der Waals surface area contributed by atoms with Gasteiger partial charge in [0.1, 0.15) is 18.1 Å². The molecule has 0 saturated carbocycles. The molecule has 0 radical (unpaired) electrons. The first-order valence-corrected chi connectivity index (χ1v) is 12.3. The van der Waals surface area contributed by atoms with E-state index >= 15 is 0 Å². The summed E-state index contributed by atoms with van der Waals surface area (Å²) in [5, 5.41) is 2.99. The maximum absolute atomic E-state index is 13.1. The van der Waals surface area contributed by atoms with Crippen molar-refractivity contribution in [2.24, 2.45) is 0 Å². The predicted molar refractivity (Wildman–Crippen MR) is 141 cm³/mol. The molecular formula is C29H33N3O4. The van der Waals surface area contributed by atoms with Crippen LogP contribution in [0.1, 0.15) is 22.8 Å². The smallest absolute Gasteiger partial charge is 0.241 e. The Balaban J connectivity index is 1.26. The Morgan fingerprint density at radius 3 is 2.19 bits per heavy atom. The molecule has 1 heterocycles. The molecule has 188 valence electrons. The largest absolute Gasteiger partial charge is 0.497 e. The summed E-state index contributed by atoms with van der Waals surface area (Å²) in [4.78, 5) is 30.6. The Kier molecular flexibility index (Phi) is 8.71. The fourth-order valence-corrected chi connectivity index (χ4v) is 4.28. The Hall–Kier alpha value is -3.68. The van der Waals surface area contributed by atoms with Crippen LogP contribution in [0.3, 0.4) is 0 Å². The topological polar surface area (TPSA) is 71.1 Å². The number of piperazine rings is 1. The zero-order chi connectivity index (χ0) is 25.3. The number of carbonyl (C=O) groups is 2. The van der Waals surface area contributed by atoms with Crippen molar-refractivity contribution in [1.29, 1.82) is 0 Å². The summed E-state index contributed by atoms with van der Waals surface area (Å²) in [6, 6.07) is 23.6. The fraction of sp³-hybridized carbons (Fsp3) is 0.310. The third kappa shape index (κ3) is 6.50. The van der Waals surface area contributed by atoms with Crippen LogP contribution in [0.2, 0.25) is 0 Å². The van der Waals surface area contributed by atoms with E-state index in [4.69, 9.17) is 9.47 Å². The lowest BCUT2D eigenvalue weighted by atomic mass is 10.0. The lowest BCUT2D eigenvalue weighted by Crippen LogP contribution is -2.53. The highest BCUT2D eigenvalue weighted by Crippen LogP contribution is 2.21. The van der Waals surface area contributed by atoms with Crippen LogP contribution in [0.5, 0.6) is 11.5 Å². The van der Waals surface area contributed by atoms with Gasteiger partial charge in [-0.3, -0.25) is 19.4 Å². The minimum atomic E-state index is -0.303. The normalized spacial score (nSPS) is 15.2. The highest BCUT2D eigenvalue weighted by molar-refractivity contribution is 6.14. The zero-order valence-electron chi connectivity index (χ0n) is 20.9. The van der Waals surface area contributed by atoms with E-state index in [0.29, 0.717) is 23.4 Å². The van der Waals surface area contributed by atoms with Gasteiger partial charge in [-0.15, -0.1) is 0 Å². The first-order chi connectivity index (χ1) is 17.5. The molecule has 7 heteroatoms. The average Bonchev–Trinajstić information content (AvgIpc) is 2.94. The second-order valence-corrected chi connectivity index (χ2v) is 8.81. The minimum Gasteiger partial charge on any atom is -0.497 e. The Morgan fingerprint density at radius 2 is 1.50 bits per heavy atom. The number of anilines is 1. The van der Waals surface area contributed by atoms with E-state index in [1.807, 2.05) is 61.5 Å². The van der Waals surface area contributed by atoms with Crippen LogP contribution in [0, 0.1) is 0 Å². The number of hydrogen-bond acceptors (Lipinski definition) is 6. The number of ketones is 1. The van der Waals surface area contributed by atoms with E-state index in [1.54, 1.807) is 31.4 Å². The molecule has 0 aromatic heterocycles. The van der Waals surface area contributed by atoms with Crippen molar-refractivity contribution in [3.8, 4) is 11.5 Å². The second-order valence-electron chi connectivity index (χ2n) is 8.81. The fourth-order valence-electron chi connectivity index (χ4n) is 4.28. The van der Waals surface area contributed by atoms with Gasteiger partial charge in [-0.25, -0.2) is 0 Å². The highest BCUT2D eigenvalue weighted by Gasteiger charge is 2.26. The van der Waals surface area contributed by atoms with Crippen molar-refractivity contribution in [2.45, 2.75) is 13.0 Å². The third-order valence-electron chi connectivity index (χ3n) is 6.54. The molecule has 1 atom stereocenters. The molecule has 1 amide bonds. The number of ether oxygens (including phenoxy) is 2. The van der Waals surface area contributed by atoms with Gasteiger partial charge in [-0.05, 0) is 43.3 Å². The standard InChI is InChI=1S/C29H33N3O4/c1-22(29(34)30-27-11-7-6-10-26(27)28(33)23-8-4-3-5-9-23)32-18-16-31(17-19-32)20-21-36-25-14-12-24(35-2)13-15-25/h3-15,22H,16-21H2,1-2H3,(H,30,34)/t22-/m0/s1. The van der Waals surface area contributed by atoms with Gasteiger partial charge in [0.25, 0.3) is 0 Å². The molecule has 3 aromatic rings. The van der Waals surface area contributed by atoms with Crippen molar-refractivity contribution >= 4 is 17.4 Å². The maximum Gasteiger partial charge on any atom is 0.241 e. The van der Waals surface area contributed by atoms with Gasteiger partial charge in [0.05, 0.1) is 18.8 Å². The van der Waals surface area contributed by atoms with Crippen molar-refractivity contribution in [3.05, 3.63) is 90.0 Å². The molecule has 7 nitrogen and oxygen atoms in total. The predicted octanol–water partition coefficient (Wildman–Crippen LogP) is 3.95. The van der Waals surface area contributed by atoms with Gasteiger partial charge in [0.15, 0.2) is 5.78 Å². The molecule has 0 unspecified atom stereocenters. The summed E-state index contributed by atoms with van der Waals surface area (Å²) in [7, 11) is 1.64. The molecule has 1 aliphatic heterocycles. The molecule has 1 aliphatic rings. The van der Waals surface area contributed by atoms with Crippen LogP contribution < -0.4 is 14.8 Å². The third-order valence-corrected chi connectivity index (χ3v) is 6.54. The van der Waals surface area contributed by atoms with Gasteiger partial charge in [0.2, 0.25) is 5.91 Å². The Labute approximate surface area is 212 Å². The van der Waals surface area contributed by atoms with E-state index in [2.05, 4.69) is 15.1 Å². The number of benzene rings is 3. The first kappa shape index (κ1) is 25.4. The van der Waals surface area contributed by atoms with Crippen LogP contribution in [0.4, 0.5) is 5.69 Å². The summed E-state index contributed by atoms with van der Waals surface area (Å²) in [6.07, 6.45) is 0. The van der Waals surface area contributed by atoms with Crippen LogP contribution >= 0.6 is 0 Å². The number of nitrogens with one attached hydrogen (secondary N) is 1. The molecule has 1 saturated heterocycles. The van der Waals surface area contributed by atoms with Gasteiger partial charge >= 0.3 is 0 Å². The number of hydrogen-bond donors (Lipinski definition) is 1. The number of carbonyl (C=O) groups excluding carboxylic acids is 2. The maximum atomic E-state index is 13.1. The molecule has 0 aliphatic carbocycles. The van der Waals surface area contributed by atoms with Gasteiger partial charge in [-0.1, -0.05) is 42.5 Å².